The van der Waals surface area contributed by atoms with Crippen molar-refractivity contribution in [3.05, 3.63) is 126 Å². The molecule has 260 valence electrons. The Morgan fingerprint density at radius 3 is 1.59 bits per heavy atom. The van der Waals surface area contributed by atoms with Crippen LogP contribution in [0.3, 0.4) is 0 Å². The van der Waals surface area contributed by atoms with Crippen molar-refractivity contribution in [3.8, 4) is 33.5 Å². The second-order valence-electron chi connectivity index (χ2n) is 18.8. The Morgan fingerprint density at radius 2 is 0.961 bits per heavy atom. The molecule has 7 rings (SSSR count). The molecule has 0 spiro atoms. The number of rotatable bonds is 3. The molecule has 2 heteroatoms. The lowest BCUT2D eigenvalue weighted by Crippen LogP contribution is -2.13. The largest absolute Gasteiger partial charge is 0.354 e. The zero-order valence-corrected chi connectivity index (χ0v) is 32.8. The zero-order chi connectivity index (χ0) is 36.7. The highest BCUT2D eigenvalue weighted by molar-refractivity contribution is 6.12. The van der Waals surface area contributed by atoms with Crippen LogP contribution in [-0.2, 0) is 21.7 Å². The number of aromatic amines is 1. The van der Waals surface area contributed by atoms with Crippen LogP contribution in [0.25, 0.3) is 66.1 Å². The lowest BCUT2D eigenvalue weighted by molar-refractivity contribution is 0.589. The molecule has 0 aliphatic heterocycles. The average molecular weight is 671 g/mol. The molecule has 0 amide bonds. The third kappa shape index (κ3) is 6.62. The van der Waals surface area contributed by atoms with E-state index in [0.717, 1.165) is 11.3 Å². The summed E-state index contributed by atoms with van der Waals surface area (Å²) in [4.78, 5) is 8.85. The predicted octanol–water partition coefficient (Wildman–Crippen LogP) is 14.1. The Bertz CT molecular complexity index is 2440. The third-order valence-electron chi connectivity index (χ3n) is 10.6. The highest BCUT2D eigenvalue weighted by Gasteiger charge is 2.24. The number of hydrogen-bond acceptors (Lipinski definition) is 1. The van der Waals surface area contributed by atoms with Crippen molar-refractivity contribution in [2.24, 2.45) is 0 Å². The molecule has 2 heterocycles. The van der Waals surface area contributed by atoms with E-state index in [4.69, 9.17) is 4.98 Å². The van der Waals surface area contributed by atoms with Crippen molar-refractivity contribution < 1.29 is 0 Å². The van der Waals surface area contributed by atoms with Crippen LogP contribution in [0.4, 0.5) is 0 Å². The molecule has 2 nitrogen and oxygen atoms in total. The maximum atomic E-state index is 4.96. The fourth-order valence-electron chi connectivity index (χ4n) is 7.22. The van der Waals surface area contributed by atoms with E-state index in [-0.39, 0.29) is 21.7 Å². The van der Waals surface area contributed by atoms with Crippen molar-refractivity contribution in [3.63, 3.8) is 0 Å². The summed E-state index contributed by atoms with van der Waals surface area (Å²) >= 11 is 0. The van der Waals surface area contributed by atoms with Gasteiger partial charge < -0.3 is 4.98 Å². The van der Waals surface area contributed by atoms with Gasteiger partial charge in [-0.05, 0) is 115 Å². The summed E-state index contributed by atoms with van der Waals surface area (Å²) in [6, 6.07) is 36.9. The highest BCUT2D eigenvalue weighted by Crippen LogP contribution is 2.43. The van der Waals surface area contributed by atoms with Crippen LogP contribution < -0.4 is 0 Å². The molecule has 1 N–H and O–H groups in total. The summed E-state index contributed by atoms with van der Waals surface area (Å²) < 4.78 is 0. The first-order valence-electron chi connectivity index (χ1n) is 18.5. The average Bonchev–Trinajstić information content (AvgIpc) is 3.44. The van der Waals surface area contributed by atoms with E-state index < -0.39 is 0 Å². The minimum absolute atomic E-state index is 0.0139. The zero-order valence-electron chi connectivity index (χ0n) is 32.8. The van der Waals surface area contributed by atoms with E-state index in [1.165, 1.54) is 77.1 Å². The van der Waals surface area contributed by atoms with Gasteiger partial charge in [0, 0.05) is 39.0 Å². The van der Waals surface area contributed by atoms with Gasteiger partial charge in [-0.25, -0.2) is 0 Å². The van der Waals surface area contributed by atoms with Crippen LogP contribution in [0.15, 0.2) is 103 Å². The van der Waals surface area contributed by atoms with Gasteiger partial charge in [0.25, 0.3) is 0 Å². The van der Waals surface area contributed by atoms with E-state index >= 15 is 0 Å². The molecular formula is C49H54N2. The molecule has 0 saturated heterocycles. The SMILES string of the molecule is CC(C)(C)c1cc(-c2cc(-c3cc(C(C)(C)C)cc4c3[nH]c3ccc(C(C)(C)C)cc34)cc(C(C)(C)C)c2)cc(-c2nccc3ccccc23)c1. The molecule has 51 heavy (non-hydrogen) atoms. The first kappa shape index (κ1) is 34.7. The van der Waals surface area contributed by atoms with Crippen LogP contribution >= 0.6 is 0 Å². The quantitative estimate of drug-likeness (QED) is 0.199. The van der Waals surface area contributed by atoms with E-state index in [1.54, 1.807) is 0 Å². The van der Waals surface area contributed by atoms with E-state index in [1.807, 2.05) is 6.20 Å². The van der Waals surface area contributed by atoms with E-state index in [0.29, 0.717) is 0 Å². The van der Waals surface area contributed by atoms with Crippen molar-refractivity contribution in [1.29, 1.82) is 0 Å². The second kappa shape index (κ2) is 11.9. The van der Waals surface area contributed by atoms with Gasteiger partial charge in [-0.1, -0.05) is 132 Å². The van der Waals surface area contributed by atoms with Crippen LogP contribution in [0.2, 0.25) is 0 Å². The smallest absolute Gasteiger partial charge is 0.0780 e. The lowest BCUT2D eigenvalue weighted by Gasteiger charge is -2.25. The molecule has 0 aliphatic rings. The number of nitrogens with zero attached hydrogens (tertiary/aromatic N) is 1. The Balaban J connectivity index is 1.52. The Kier molecular flexibility index (Phi) is 8.14. The molecule has 0 bridgehead atoms. The molecule has 0 unspecified atom stereocenters. The second-order valence-corrected chi connectivity index (χ2v) is 18.8. The molecular weight excluding hydrogens is 617 g/mol. The molecule has 5 aromatic carbocycles. The number of aromatic nitrogens is 2. The minimum atomic E-state index is -0.0464. The standard InChI is InChI=1S/C49H54N2/c1-46(2,3)35-17-18-43-41(27-35)42-29-38(49(10,11)12)28-40(45(42)51-43)33-21-31(23-36(25-33)47(4,5)6)32-22-34(26-37(24-32)48(7,8)9)44-39-16-14-13-15-30(39)19-20-50-44/h13-29,51H,1-12H3. The van der Waals surface area contributed by atoms with Crippen molar-refractivity contribution in [2.75, 3.05) is 0 Å². The highest BCUT2D eigenvalue weighted by atomic mass is 14.7. The molecule has 0 aliphatic carbocycles. The summed E-state index contributed by atoms with van der Waals surface area (Å²) in [7, 11) is 0. The van der Waals surface area contributed by atoms with Gasteiger partial charge in [0.15, 0.2) is 0 Å². The normalized spacial score (nSPS) is 13.1. The Labute approximate surface area is 305 Å². The Hall–Kier alpha value is -4.69. The van der Waals surface area contributed by atoms with Gasteiger partial charge in [-0.3, -0.25) is 4.98 Å². The van der Waals surface area contributed by atoms with Gasteiger partial charge in [0.2, 0.25) is 0 Å². The van der Waals surface area contributed by atoms with Gasteiger partial charge >= 0.3 is 0 Å². The van der Waals surface area contributed by atoms with E-state index in [9.17, 15) is 0 Å². The minimum Gasteiger partial charge on any atom is -0.354 e. The third-order valence-corrected chi connectivity index (χ3v) is 10.6. The lowest BCUT2D eigenvalue weighted by atomic mass is 9.80. The maximum absolute atomic E-state index is 4.96. The number of fused-ring (bicyclic) bond motifs is 4. The summed E-state index contributed by atoms with van der Waals surface area (Å²) in [6.07, 6.45) is 1.94. The van der Waals surface area contributed by atoms with Crippen LogP contribution in [-0.4, -0.2) is 9.97 Å². The fraction of sp³-hybridized carbons (Fsp3) is 0.327. The van der Waals surface area contributed by atoms with Gasteiger partial charge in [0.05, 0.1) is 11.2 Å². The summed E-state index contributed by atoms with van der Waals surface area (Å²) in [6.45, 7) is 27.8. The first-order valence-corrected chi connectivity index (χ1v) is 18.5. The molecule has 0 radical (unpaired) electrons. The van der Waals surface area contributed by atoms with Crippen molar-refractivity contribution in [1.82, 2.24) is 9.97 Å². The number of H-pyrrole nitrogens is 1. The molecule has 2 aromatic heterocycles. The molecule has 0 saturated carbocycles. The number of pyridine rings is 1. The molecule has 0 fully saturated rings. The van der Waals surface area contributed by atoms with E-state index in [2.05, 4.69) is 185 Å². The summed E-state index contributed by atoms with van der Waals surface area (Å²) in [5.41, 5.74) is 14.8. The molecule has 7 aromatic rings. The molecule has 0 atom stereocenters. The number of hydrogen-bond donors (Lipinski definition) is 1. The monoisotopic (exact) mass is 670 g/mol. The first-order chi connectivity index (χ1) is 23.8. The van der Waals surface area contributed by atoms with Crippen molar-refractivity contribution in [2.45, 2.75) is 105 Å². The van der Waals surface area contributed by atoms with Gasteiger partial charge in [0.1, 0.15) is 0 Å². The summed E-state index contributed by atoms with van der Waals surface area (Å²) in [5.74, 6) is 0. The van der Waals surface area contributed by atoms with Crippen LogP contribution in [0.5, 0.6) is 0 Å². The predicted molar refractivity (Wildman–Crippen MR) is 222 cm³/mol. The number of nitrogens with one attached hydrogen (secondary N) is 1. The van der Waals surface area contributed by atoms with Gasteiger partial charge in [-0.2, -0.15) is 0 Å². The Morgan fingerprint density at radius 1 is 0.431 bits per heavy atom. The summed E-state index contributed by atoms with van der Waals surface area (Å²) in [5, 5.41) is 4.97. The van der Waals surface area contributed by atoms with Crippen molar-refractivity contribution >= 4 is 32.6 Å². The maximum Gasteiger partial charge on any atom is 0.0780 e. The number of benzene rings is 5. The van der Waals surface area contributed by atoms with Crippen LogP contribution in [0.1, 0.15) is 105 Å². The topological polar surface area (TPSA) is 28.7 Å². The van der Waals surface area contributed by atoms with Crippen LogP contribution in [0, 0.1) is 0 Å². The fourth-order valence-corrected chi connectivity index (χ4v) is 7.22. The van der Waals surface area contributed by atoms with Gasteiger partial charge in [-0.15, -0.1) is 0 Å².